The molecule has 0 aromatic rings. The van der Waals surface area contributed by atoms with Gasteiger partial charge in [-0.05, 0) is 6.92 Å². The predicted molar refractivity (Wildman–Crippen MR) is 27.4 cm³/mol. The van der Waals surface area contributed by atoms with Crippen LogP contribution in [0, 0.1) is 0 Å². The van der Waals surface area contributed by atoms with Crippen molar-refractivity contribution in [2.75, 3.05) is 0 Å². The smallest absolute Gasteiger partial charge is 0.412 e. The fraction of sp³-hybridized carbons (Fsp3) is 0.400. The van der Waals surface area contributed by atoms with Gasteiger partial charge in [-0.25, -0.2) is 4.79 Å². The number of hydrogen-bond donors (Lipinski definition) is 1. The standard InChI is InChI=1S/C5H5F3O2/c1-3(2-4(9)10)5(6,7)8/h2H,1H3,(H,9,10)/b3-2+. The van der Waals surface area contributed by atoms with Gasteiger partial charge in [-0.3, -0.25) is 0 Å². The zero-order chi connectivity index (χ0) is 8.36. The molecule has 0 amide bonds. The first-order chi connectivity index (χ1) is 4.34. The number of carboxylic acid groups (broad SMARTS) is 1. The van der Waals surface area contributed by atoms with Gasteiger partial charge in [0.1, 0.15) is 0 Å². The molecule has 0 bridgehead atoms. The number of carbonyl (C=O) groups is 1. The Bertz CT molecular complexity index is 168. The molecule has 0 unspecified atom stereocenters. The average molecular weight is 154 g/mol. The summed E-state index contributed by atoms with van der Waals surface area (Å²) in [5.74, 6) is -1.59. The third kappa shape index (κ3) is 3.11. The van der Waals surface area contributed by atoms with Gasteiger partial charge in [0.2, 0.25) is 0 Å². The van der Waals surface area contributed by atoms with E-state index < -0.39 is 17.7 Å². The molecule has 0 aromatic carbocycles. The van der Waals surface area contributed by atoms with Gasteiger partial charge in [0, 0.05) is 11.6 Å². The SMILES string of the molecule is C/C(=C\C(=O)O)C(F)(F)F. The van der Waals surface area contributed by atoms with Gasteiger partial charge < -0.3 is 5.11 Å². The molecular weight excluding hydrogens is 149 g/mol. The van der Waals surface area contributed by atoms with E-state index in [0.717, 1.165) is 0 Å². The summed E-state index contributed by atoms with van der Waals surface area (Å²) in [5.41, 5.74) is -1.11. The summed E-state index contributed by atoms with van der Waals surface area (Å²) >= 11 is 0. The Kier molecular flexibility index (Phi) is 2.45. The van der Waals surface area contributed by atoms with Crippen molar-refractivity contribution in [3.63, 3.8) is 0 Å². The molecule has 0 aliphatic rings. The highest BCUT2D eigenvalue weighted by molar-refractivity contribution is 5.80. The second-order valence-electron chi connectivity index (χ2n) is 1.66. The minimum absolute atomic E-state index is 0.125. The number of carboxylic acids is 1. The van der Waals surface area contributed by atoms with Gasteiger partial charge in [-0.15, -0.1) is 0 Å². The Morgan fingerprint density at radius 1 is 1.50 bits per heavy atom. The Labute approximate surface area is 55.0 Å². The van der Waals surface area contributed by atoms with Gasteiger partial charge >= 0.3 is 12.1 Å². The summed E-state index contributed by atoms with van der Waals surface area (Å²) in [7, 11) is 0. The van der Waals surface area contributed by atoms with Crippen LogP contribution in [0.25, 0.3) is 0 Å². The average Bonchev–Trinajstić information content (AvgIpc) is 1.60. The summed E-state index contributed by atoms with van der Waals surface area (Å²) < 4.78 is 34.4. The normalized spacial score (nSPS) is 13.4. The molecule has 0 heterocycles. The van der Waals surface area contributed by atoms with Crippen molar-refractivity contribution in [2.24, 2.45) is 0 Å². The maximum atomic E-state index is 11.5. The van der Waals surface area contributed by atoms with Gasteiger partial charge in [0.25, 0.3) is 0 Å². The summed E-state index contributed by atoms with van der Waals surface area (Å²) in [6, 6.07) is 0. The quantitative estimate of drug-likeness (QED) is 0.582. The Morgan fingerprint density at radius 3 is 2.00 bits per heavy atom. The van der Waals surface area contributed by atoms with Gasteiger partial charge in [0.15, 0.2) is 0 Å². The molecule has 58 valence electrons. The number of hydrogen-bond acceptors (Lipinski definition) is 1. The van der Waals surface area contributed by atoms with E-state index in [1.807, 2.05) is 0 Å². The van der Waals surface area contributed by atoms with Crippen molar-refractivity contribution in [3.05, 3.63) is 11.6 Å². The molecule has 1 N–H and O–H groups in total. The van der Waals surface area contributed by atoms with E-state index in [9.17, 15) is 18.0 Å². The summed E-state index contributed by atoms with van der Waals surface area (Å²) in [5, 5.41) is 7.87. The molecule has 0 aromatic heterocycles. The number of allylic oxidation sites excluding steroid dienone is 1. The van der Waals surface area contributed by atoms with Crippen LogP contribution in [-0.2, 0) is 4.79 Å². The van der Waals surface area contributed by atoms with Crippen LogP contribution in [0.2, 0.25) is 0 Å². The summed E-state index contributed by atoms with van der Waals surface area (Å²) in [4.78, 5) is 9.68. The van der Waals surface area contributed by atoms with Crippen molar-refractivity contribution < 1.29 is 23.1 Å². The van der Waals surface area contributed by atoms with E-state index in [2.05, 4.69) is 0 Å². The zero-order valence-electron chi connectivity index (χ0n) is 5.07. The molecule has 0 atom stereocenters. The first-order valence-corrected chi connectivity index (χ1v) is 2.32. The number of alkyl halides is 3. The predicted octanol–water partition coefficient (Wildman–Crippen LogP) is 1.58. The van der Waals surface area contributed by atoms with Gasteiger partial charge in [0.05, 0.1) is 0 Å². The molecule has 0 saturated carbocycles. The van der Waals surface area contributed by atoms with Crippen molar-refractivity contribution >= 4 is 5.97 Å². The number of rotatable bonds is 1. The van der Waals surface area contributed by atoms with Crippen LogP contribution >= 0.6 is 0 Å². The Morgan fingerprint density at radius 2 is 1.90 bits per heavy atom. The second-order valence-corrected chi connectivity index (χ2v) is 1.66. The van der Waals surface area contributed by atoms with Crippen LogP contribution in [0.4, 0.5) is 13.2 Å². The Hall–Kier alpha value is -1.00. The molecular formula is C5H5F3O2. The minimum Gasteiger partial charge on any atom is -0.478 e. The lowest BCUT2D eigenvalue weighted by Crippen LogP contribution is -2.10. The van der Waals surface area contributed by atoms with Crippen LogP contribution < -0.4 is 0 Å². The second kappa shape index (κ2) is 2.72. The van der Waals surface area contributed by atoms with E-state index >= 15 is 0 Å². The van der Waals surface area contributed by atoms with Crippen LogP contribution in [-0.4, -0.2) is 17.3 Å². The van der Waals surface area contributed by atoms with Crippen LogP contribution in [0.15, 0.2) is 11.6 Å². The molecule has 0 rings (SSSR count). The molecule has 2 nitrogen and oxygen atoms in total. The summed E-state index contributed by atoms with van der Waals surface area (Å²) in [6.45, 7) is 0.702. The molecule has 0 saturated heterocycles. The lowest BCUT2D eigenvalue weighted by molar-refractivity contribution is -0.132. The highest BCUT2D eigenvalue weighted by Gasteiger charge is 2.30. The maximum Gasteiger partial charge on any atom is 0.412 e. The monoisotopic (exact) mass is 154 g/mol. The van der Waals surface area contributed by atoms with E-state index in [-0.39, 0.29) is 6.08 Å². The fourth-order valence-electron chi connectivity index (χ4n) is 0.267. The maximum absolute atomic E-state index is 11.5. The van der Waals surface area contributed by atoms with Crippen LogP contribution in [0.5, 0.6) is 0 Å². The van der Waals surface area contributed by atoms with E-state index in [0.29, 0.717) is 6.92 Å². The van der Waals surface area contributed by atoms with Crippen molar-refractivity contribution in [3.8, 4) is 0 Å². The largest absolute Gasteiger partial charge is 0.478 e. The topological polar surface area (TPSA) is 37.3 Å². The lowest BCUT2D eigenvalue weighted by atomic mass is 10.3. The first-order valence-electron chi connectivity index (χ1n) is 2.32. The van der Waals surface area contributed by atoms with Gasteiger partial charge in [-0.2, -0.15) is 13.2 Å². The van der Waals surface area contributed by atoms with E-state index in [1.54, 1.807) is 0 Å². The molecule has 0 aliphatic carbocycles. The van der Waals surface area contributed by atoms with Gasteiger partial charge in [-0.1, -0.05) is 0 Å². The minimum atomic E-state index is -4.53. The Balaban J connectivity index is 4.35. The lowest BCUT2D eigenvalue weighted by Gasteiger charge is -2.03. The third-order valence-corrected chi connectivity index (χ3v) is 0.787. The molecule has 0 fully saturated rings. The third-order valence-electron chi connectivity index (χ3n) is 0.787. The number of halogens is 3. The van der Waals surface area contributed by atoms with Crippen molar-refractivity contribution in [1.82, 2.24) is 0 Å². The first kappa shape index (κ1) is 9.00. The van der Waals surface area contributed by atoms with E-state index in [1.165, 1.54) is 0 Å². The van der Waals surface area contributed by atoms with Crippen LogP contribution in [0.1, 0.15) is 6.92 Å². The summed E-state index contributed by atoms with van der Waals surface area (Å²) in [6.07, 6.45) is -4.40. The highest BCUT2D eigenvalue weighted by atomic mass is 19.4. The zero-order valence-corrected chi connectivity index (χ0v) is 5.07. The molecule has 0 radical (unpaired) electrons. The van der Waals surface area contributed by atoms with Crippen molar-refractivity contribution in [1.29, 1.82) is 0 Å². The van der Waals surface area contributed by atoms with Crippen molar-refractivity contribution in [2.45, 2.75) is 13.1 Å². The molecule has 0 aliphatic heterocycles. The van der Waals surface area contributed by atoms with Crippen LogP contribution in [0.3, 0.4) is 0 Å². The molecule has 0 spiro atoms. The number of aliphatic carboxylic acids is 1. The fourth-order valence-corrected chi connectivity index (χ4v) is 0.267. The molecule has 5 heteroatoms. The highest BCUT2D eigenvalue weighted by Crippen LogP contribution is 2.24. The molecule has 10 heavy (non-hydrogen) atoms. The van der Waals surface area contributed by atoms with E-state index in [4.69, 9.17) is 5.11 Å².